The third-order valence-electron chi connectivity index (χ3n) is 1.67. The number of hydrogen-bond donors (Lipinski definition) is 0. The van der Waals surface area contributed by atoms with Crippen molar-refractivity contribution in [1.29, 1.82) is 0 Å². The van der Waals surface area contributed by atoms with Crippen molar-refractivity contribution in [1.82, 2.24) is 4.98 Å². The van der Waals surface area contributed by atoms with Crippen LogP contribution in [0.1, 0.15) is 6.92 Å². The summed E-state index contributed by atoms with van der Waals surface area (Å²) in [6, 6.07) is 1.30. The van der Waals surface area contributed by atoms with Crippen LogP contribution in [0, 0.1) is 10.1 Å². The Bertz CT molecular complexity index is 376. The van der Waals surface area contributed by atoms with E-state index in [9.17, 15) is 10.1 Å². The average Bonchev–Trinajstić information content (AvgIpc) is 2.26. The summed E-state index contributed by atoms with van der Waals surface area (Å²) >= 11 is 7.27. The molecule has 5 nitrogen and oxygen atoms in total. The number of aromatic nitrogens is 1. The number of ether oxygens (including phenoxy) is 1. The second-order valence-electron chi connectivity index (χ2n) is 2.78. The van der Waals surface area contributed by atoms with Crippen molar-refractivity contribution in [3.8, 4) is 0 Å². The van der Waals surface area contributed by atoms with Crippen LogP contribution in [0.25, 0.3) is 0 Å². The van der Waals surface area contributed by atoms with Gasteiger partial charge in [0.05, 0.1) is 16.6 Å². The molecule has 0 aliphatic rings. The van der Waals surface area contributed by atoms with E-state index in [1.807, 2.05) is 6.92 Å². The largest absolute Gasteiger partial charge is 0.381 e. The summed E-state index contributed by atoms with van der Waals surface area (Å²) < 4.78 is 5.16. The molecule has 0 unspecified atom stereocenters. The first-order valence-electron chi connectivity index (χ1n) is 4.65. The number of pyridine rings is 1. The van der Waals surface area contributed by atoms with Crippen LogP contribution in [0.3, 0.4) is 0 Å². The molecular weight excluding hydrogens is 252 g/mol. The summed E-state index contributed by atoms with van der Waals surface area (Å²) in [7, 11) is 0. The van der Waals surface area contributed by atoms with Gasteiger partial charge in [-0.1, -0.05) is 11.6 Å². The zero-order valence-electron chi connectivity index (χ0n) is 8.68. The fraction of sp³-hybridized carbons (Fsp3) is 0.444. The number of rotatable bonds is 6. The van der Waals surface area contributed by atoms with Crippen molar-refractivity contribution in [2.45, 2.75) is 11.9 Å². The van der Waals surface area contributed by atoms with E-state index in [-0.39, 0.29) is 5.69 Å². The molecule has 0 bridgehead atoms. The highest BCUT2D eigenvalue weighted by molar-refractivity contribution is 7.99. The quantitative estimate of drug-likeness (QED) is 0.341. The van der Waals surface area contributed by atoms with E-state index in [1.54, 1.807) is 0 Å². The van der Waals surface area contributed by atoms with E-state index in [4.69, 9.17) is 16.3 Å². The molecule has 7 heteroatoms. The van der Waals surface area contributed by atoms with Crippen molar-refractivity contribution in [3.05, 3.63) is 27.4 Å². The highest BCUT2D eigenvalue weighted by Gasteiger charge is 2.10. The summed E-state index contributed by atoms with van der Waals surface area (Å²) in [5.41, 5.74) is -0.0980. The van der Waals surface area contributed by atoms with Gasteiger partial charge < -0.3 is 4.74 Å². The lowest BCUT2D eigenvalue weighted by molar-refractivity contribution is -0.385. The van der Waals surface area contributed by atoms with Gasteiger partial charge in [0.2, 0.25) is 0 Å². The number of nitro groups is 1. The number of thioether (sulfide) groups is 1. The molecule has 0 aromatic carbocycles. The first-order valence-corrected chi connectivity index (χ1v) is 6.02. The Hall–Kier alpha value is -0.850. The van der Waals surface area contributed by atoms with Crippen molar-refractivity contribution >= 4 is 29.1 Å². The maximum Gasteiger partial charge on any atom is 0.289 e. The minimum atomic E-state index is -0.520. The van der Waals surface area contributed by atoms with Crippen LogP contribution in [0.15, 0.2) is 17.3 Å². The molecule has 0 spiro atoms. The lowest BCUT2D eigenvalue weighted by atomic mass is 10.4. The van der Waals surface area contributed by atoms with Gasteiger partial charge in [-0.3, -0.25) is 10.1 Å². The van der Waals surface area contributed by atoms with Gasteiger partial charge in [-0.05, 0) is 6.92 Å². The van der Waals surface area contributed by atoms with Crippen LogP contribution in [0.5, 0.6) is 0 Å². The maximum absolute atomic E-state index is 10.4. The van der Waals surface area contributed by atoms with Crippen LogP contribution in [-0.4, -0.2) is 28.9 Å². The van der Waals surface area contributed by atoms with Crippen molar-refractivity contribution in [2.24, 2.45) is 0 Å². The minimum absolute atomic E-state index is 0.0980. The Morgan fingerprint density at radius 2 is 2.44 bits per heavy atom. The molecular formula is C9H11ClN2O3S. The standard InChI is InChI=1S/C9H11ClN2O3S/c1-2-15-3-4-16-9-8(10)5-7(6-11-9)12(13)14/h5-6H,2-4H2,1H3. The van der Waals surface area contributed by atoms with Crippen LogP contribution >= 0.6 is 23.4 Å². The molecule has 0 radical (unpaired) electrons. The van der Waals surface area contributed by atoms with Crippen LogP contribution in [-0.2, 0) is 4.74 Å². The molecule has 1 aromatic rings. The molecule has 0 aliphatic carbocycles. The van der Waals surface area contributed by atoms with Gasteiger partial charge >= 0.3 is 0 Å². The molecule has 1 heterocycles. The Morgan fingerprint density at radius 1 is 1.69 bits per heavy atom. The minimum Gasteiger partial charge on any atom is -0.381 e. The monoisotopic (exact) mass is 262 g/mol. The smallest absolute Gasteiger partial charge is 0.289 e. The van der Waals surface area contributed by atoms with Crippen LogP contribution in [0.4, 0.5) is 5.69 Å². The van der Waals surface area contributed by atoms with Gasteiger partial charge in [-0.15, -0.1) is 11.8 Å². The Balaban J connectivity index is 2.57. The van der Waals surface area contributed by atoms with E-state index in [2.05, 4.69) is 4.98 Å². The van der Waals surface area contributed by atoms with Gasteiger partial charge in [0, 0.05) is 18.4 Å². The molecule has 1 aromatic heterocycles. The normalized spacial score (nSPS) is 10.4. The van der Waals surface area contributed by atoms with Gasteiger partial charge in [0.25, 0.3) is 5.69 Å². The summed E-state index contributed by atoms with van der Waals surface area (Å²) in [6.07, 6.45) is 1.20. The van der Waals surface area contributed by atoms with E-state index >= 15 is 0 Å². The molecule has 0 saturated carbocycles. The fourth-order valence-electron chi connectivity index (χ4n) is 0.963. The predicted octanol–water partition coefficient (Wildman–Crippen LogP) is 2.77. The Morgan fingerprint density at radius 3 is 3.00 bits per heavy atom. The summed E-state index contributed by atoms with van der Waals surface area (Å²) in [5.74, 6) is 0.721. The van der Waals surface area contributed by atoms with Gasteiger partial charge in [0.15, 0.2) is 0 Å². The van der Waals surface area contributed by atoms with Gasteiger partial charge in [-0.2, -0.15) is 0 Å². The van der Waals surface area contributed by atoms with Crippen molar-refractivity contribution in [2.75, 3.05) is 19.0 Å². The first-order chi connectivity index (χ1) is 7.65. The van der Waals surface area contributed by atoms with E-state index in [1.165, 1.54) is 24.0 Å². The van der Waals surface area contributed by atoms with Crippen LogP contribution < -0.4 is 0 Å². The summed E-state index contributed by atoms with van der Waals surface area (Å²) in [6.45, 7) is 3.19. The van der Waals surface area contributed by atoms with Crippen molar-refractivity contribution < 1.29 is 9.66 Å². The van der Waals surface area contributed by atoms with Crippen molar-refractivity contribution in [3.63, 3.8) is 0 Å². The van der Waals surface area contributed by atoms with E-state index < -0.39 is 4.92 Å². The molecule has 0 amide bonds. The fourth-order valence-corrected chi connectivity index (χ4v) is 2.01. The summed E-state index contributed by atoms with van der Waals surface area (Å²) in [5, 5.41) is 11.3. The third-order valence-corrected chi connectivity index (χ3v) is 3.04. The Labute approximate surface area is 102 Å². The molecule has 0 aliphatic heterocycles. The molecule has 16 heavy (non-hydrogen) atoms. The lowest BCUT2D eigenvalue weighted by Crippen LogP contribution is -1.97. The van der Waals surface area contributed by atoms with Crippen LogP contribution in [0.2, 0.25) is 5.02 Å². The zero-order valence-corrected chi connectivity index (χ0v) is 10.3. The highest BCUT2D eigenvalue weighted by atomic mass is 35.5. The number of hydrogen-bond acceptors (Lipinski definition) is 5. The topological polar surface area (TPSA) is 65.3 Å². The second-order valence-corrected chi connectivity index (χ2v) is 4.27. The molecule has 88 valence electrons. The lowest BCUT2D eigenvalue weighted by Gasteiger charge is -2.02. The average molecular weight is 263 g/mol. The number of nitrogens with zero attached hydrogens (tertiary/aromatic N) is 2. The maximum atomic E-state index is 10.4. The molecule has 0 fully saturated rings. The molecule has 1 rings (SSSR count). The highest BCUT2D eigenvalue weighted by Crippen LogP contribution is 2.27. The molecule has 0 atom stereocenters. The second kappa shape index (κ2) is 6.67. The third kappa shape index (κ3) is 3.96. The first kappa shape index (κ1) is 13.2. The SMILES string of the molecule is CCOCCSc1ncc([N+](=O)[O-])cc1Cl. The van der Waals surface area contributed by atoms with E-state index in [0.717, 1.165) is 5.75 Å². The van der Waals surface area contributed by atoms with E-state index in [0.29, 0.717) is 23.3 Å². The predicted molar refractivity (Wildman–Crippen MR) is 63.1 cm³/mol. The zero-order chi connectivity index (χ0) is 12.0. The Kier molecular flexibility index (Phi) is 5.51. The summed E-state index contributed by atoms with van der Waals surface area (Å²) in [4.78, 5) is 13.9. The number of halogens is 1. The van der Waals surface area contributed by atoms with Gasteiger partial charge in [-0.25, -0.2) is 4.98 Å². The van der Waals surface area contributed by atoms with Gasteiger partial charge in [0.1, 0.15) is 11.2 Å². The molecule has 0 N–H and O–H groups in total. The molecule has 0 saturated heterocycles.